The van der Waals surface area contributed by atoms with Gasteiger partial charge in [-0.15, -0.1) is 0 Å². The molecule has 1 aromatic rings. The van der Waals surface area contributed by atoms with Gasteiger partial charge >= 0.3 is 11.9 Å². The molecule has 0 aromatic heterocycles. The van der Waals surface area contributed by atoms with E-state index in [-0.39, 0.29) is 11.1 Å². The standard InChI is InChI=1S/C9H8O4.C6H14O/c1-5-2-6(8(10)11)4-7(3-5)9(12)13;1-2-3-4-5-6-7/h2-4H,1H3,(H,10,11)(H,12,13);7H,2-6H2,1H3. The predicted molar refractivity (Wildman–Crippen MR) is 76.3 cm³/mol. The first-order valence-corrected chi connectivity index (χ1v) is 6.61. The number of hydrogen-bond acceptors (Lipinski definition) is 3. The van der Waals surface area contributed by atoms with Crippen molar-refractivity contribution < 1.29 is 24.9 Å². The molecule has 1 aromatic carbocycles. The van der Waals surface area contributed by atoms with Crippen LogP contribution in [0.1, 0.15) is 58.9 Å². The Hall–Kier alpha value is -1.88. The Bertz CT molecular complexity index is 404. The summed E-state index contributed by atoms with van der Waals surface area (Å²) in [6, 6.07) is 3.99. The van der Waals surface area contributed by atoms with Crippen LogP contribution in [0.5, 0.6) is 0 Å². The van der Waals surface area contributed by atoms with Crippen LogP contribution in [0.4, 0.5) is 0 Å². The summed E-state index contributed by atoms with van der Waals surface area (Å²) in [5.41, 5.74) is 0.618. The molecule has 5 heteroatoms. The Morgan fingerprint density at radius 3 is 1.80 bits per heavy atom. The smallest absolute Gasteiger partial charge is 0.335 e. The fourth-order valence-electron chi connectivity index (χ4n) is 1.57. The van der Waals surface area contributed by atoms with Gasteiger partial charge in [0.15, 0.2) is 0 Å². The van der Waals surface area contributed by atoms with Crippen molar-refractivity contribution in [2.24, 2.45) is 0 Å². The van der Waals surface area contributed by atoms with E-state index in [4.69, 9.17) is 15.3 Å². The maximum Gasteiger partial charge on any atom is 0.335 e. The summed E-state index contributed by atoms with van der Waals surface area (Å²) in [6.07, 6.45) is 4.68. The fraction of sp³-hybridized carbons (Fsp3) is 0.467. The lowest BCUT2D eigenvalue weighted by Gasteiger charge is -1.99. The van der Waals surface area contributed by atoms with E-state index in [1.54, 1.807) is 6.92 Å². The van der Waals surface area contributed by atoms with E-state index in [0.717, 1.165) is 12.5 Å². The lowest BCUT2D eigenvalue weighted by atomic mass is 10.1. The number of hydrogen-bond donors (Lipinski definition) is 3. The Kier molecular flexibility index (Phi) is 9.04. The number of aliphatic hydroxyl groups excluding tert-OH is 1. The van der Waals surface area contributed by atoms with Crippen molar-refractivity contribution in [1.29, 1.82) is 0 Å². The van der Waals surface area contributed by atoms with Crippen LogP contribution < -0.4 is 0 Å². The minimum absolute atomic E-state index is 0.00241. The Morgan fingerprint density at radius 1 is 0.950 bits per heavy atom. The Morgan fingerprint density at radius 2 is 1.45 bits per heavy atom. The van der Waals surface area contributed by atoms with Gasteiger partial charge in [-0.3, -0.25) is 0 Å². The molecule has 0 aliphatic rings. The van der Waals surface area contributed by atoms with Gasteiger partial charge in [0.05, 0.1) is 11.1 Å². The average Bonchev–Trinajstić information content (AvgIpc) is 2.39. The van der Waals surface area contributed by atoms with Gasteiger partial charge in [0.2, 0.25) is 0 Å². The maximum atomic E-state index is 10.5. The molecule has 0 spiro atoms. The number of aromatic carboxylic acids is 2. The molecule has 0 atom stereocenters. The summed E-state index contributed by atoms with van der Waals surface area (Å²) in [5, 5.41) is 25.5. The second-order valence-electron chi connectivity index (χ2n) is 4.48. The highest BCUT2D eigenvalue weighted by atomic mass is 16.4. The van der Waals surface area contributed by atoms with Gasteiger partial charge in [-0.25, -0.2) is 9.59 Å². The fourth-order valence-corrected chi connectivity index (χ4v) is 1.57. The van der Waals surface area contributed by atoms with Crippen molar-refractivity contribution in [3.63, 3.8) is 0 Å². The van der Waals surface area contributed by atoms with Crippen LogP contribution in [0.3, 0.4) is 0 Å². The summed E-state index contributed by atoms with van der Waals surface area (Å²) in [7, 11) is 0. The second kappa shape index (κ2) is 9.97. The first kappa shape index (κ1) is 18.1. The van der Waals surface area contributed by atoms with Crippen molar-refractivity contribution in [3.05, 3.63) is 34.9 Å². The number of carboxylic acid groups (broad SMARTS) is 2. The molecule has 1 rings (SSSR count). The largest absolute Gasteiger partial charge is 0.478 e. The SMILES string of the molecule is CCCCCCO.Cc1cc(C(=O)O)cc(C(=O)O)c1. The molecule has 5 nitrogen and oxygen atoms in total. The molecule has 112 valence electrons. The quantitative estimate of drug-likeness (QED) is 0.697. The van der Waals surface area contributed by atoms with Crippen molar-refractivity contribution in [1.82, 2.24) is 0 Å². The zero-order valence-corrected chi connectivity index (χ0v) is 11.9. The van der Waals surface area contributed by atoms with Crippen LogP contribution in [0.25, 0.3) is 0 Å². The molecule has 0 amide bonds. The highest BCUT2D eigenvalue weighted by Gasteiger charge is 2.09. The third-order valence-corrected chi connectivity index (χ3v) is 2.58. The first-order valence-electron chi connectivity index (χ1n) is 6.61. The van der Waals surface area contributed by atoms with E-state index in [0.29, 0.717) is 12.2 Å². The normalized spacial score (nSPS) is 9.55. The average molecular weight is 282 g/mol. The number of carboxylic acids is 2. The molecule has 0 heterocycles. The zero-order chi connectivity index (χ0) is 15.5. The van der Waals surface area contributed by atoms with E-state index in [9.17, 15) is 9.59 Å². The van der Waals surface area contributed by atoms with Crippen LogP contribution in [0.15, 0.2) is 18.2 Å². The minimum atomic E-state index is -1.12. The van der Waals surface area contributed by atoms with Gasteiger partial charge < -0.3 is 15.3 Å². The van der Waals surface area contributed by atoms with Gasteiger partial charge in [-0.2, -0.15) is 0 Å². The lowest BCUT2D eigenvalue weighted by molar-refractivity contribution is 0.0696. The molecule has 0 bridgehead atoms. The molecule has 0 aliphatic heterocycles. The molecule has 3 N–H and O–H groups in total. The van der Waals surface area contributed by atoms with E-state index >= 15 is 0 Å². The van der Waals surface area contributed by atoms with Crippen LogP contribution >= 0.6 is 0 Å². The predicted octanol–water partition coefficient (Wildman–Crippen LogP) is 2.95. The highest BCUT2D eigenvalue weighted by molar-refractivity contribution is 5.94. The van der Waals surface area contributed by atoms with Gasteiger partial charge in [-0.1, -0.05) is 26.2 Å². The Labute approximate surface area is 118 Å². The van der Waals surface area contributed by atoms with Crippen molar-refractivity contribution in [2.45, 2.75) is 39.5 Å². The van der Waals surface area contributed by atoms with Crippen molar-refractivity contribution in [3.8, 4) is 0 Å². The topological polar surface area (TPSA) is 94.8 Å². The molecule has 0 saturated carbocycles. The number of carbonyl (C=O) groups is 2. The van der Waals surface area contributed by atoms with E-state index < -0.39 is 11.9 Å². The van der Waals surface area contributed by atoms with Crippen LogP contribution in [-0.2, 0) is 0 Å². The van der Waals surface area contributed by atoms with Crippen molar-refractivity contribution in [2.75, 3.05) is 6.61 Å². The number of aliphatic hydroxyl groups is 1. The molecule has 20 heavy (non-hydrogen) atoms. The molecule has 0 aliphatic carbocycles. The van der Waals surface area contributed by atoms with Crippen LogP contribution in [0, 0.1) is 6.92 Å². The zero-order valence-electron chi connectivity index (χ0n) is 11.9. The third kappa shape index (κ3) is 7.53. The van der Waals surface area contributed by atoms with Crippen molar-refractivity contribution >= 4 is 11.9 Å². The molecular formula is C15H22O5. The van der Waals surface area contributed by atoms with Gasteiger partial charge in [0.1, 0.15) is 0 Å². The van der Waals surface area contributed by atoms with Crippen LogP contribution in [0.2, 0.25) is 0 Å². The van der Waals surface area contributed by atoms with E-state index in [1.807, 2.05) is 0 Å². The minimum Gasteiger partial charge on any atom is -0.478 e. The van der Waals surface area contributed by atoms with Gasteiger partial charge in [0.25, 0.3) is 0 Å². The van der Waals surface area contributed by atoms with Gasteiger partial charge in [-0.05, 0) is 37.1 Å². The number of benzene rings is 1. The maximum absolute atomic E-state index is 10.5. The lowest BCUT2D eigenvalue weighted by Crippen LogP contribution is -2.02. The summed E-state index contributed by atoms with van der Waals surface area (Å²) < 4.78 is 0. The molecular weight excluding hydrogens is 260 g/mol. The van der Waals surface area contributed by atoms with Gasteiger partial charge in [0, 0.05) is 6.61 Å². The number of aryl methyl sites for hydroxylation is 1. The Balaban J connectivity index is 0.000000441. The molecule has 0 radical (unpaired) electrons. The summed E-state index contributed by atoms with van der Waals surface area (Å²) in [4.78, 5) is 21.1. The first-order chi connectivity index (χ1) is 9.42. The monoisotopic (exact) mass is 282 g/mol. The second-order valence-corrected chi connectivity index (χ2v) is 4.48. The summed E-state index contributed by atoms with van der Waals surface area (Å²) >= 11 is 0. The molecule has 0 saturated heterocycles. The number of unbranched alkanes of at least 4 members (excludes halogenated alkanes) is 3. The third-order valence-electron chi connectivity index (χ3n) is 2.58. The summed E-state index contributed by atoms with van der Waals surface area (Å²) in [6.45, 7) is 4.18. The van der Waals surface area contributed by atoms with E-state index in [2.05, 4.69) is 6.92 Å². The molecule has 0 fully saturated rings. The van der Waals surface area contributed by atoms with E-state index in [1.165, 1.54) is 31.4 Å². The molecule has 0 unspecified atom stereocenters. The van der Waals surface area contributed by atoms with Crippen LogP contribution in [-0.4, -0.2) is 33.9 Å². The number of rotatable bonds is 6. The highest BCUT2D eigenvalue weighted by Crippen LogP contribution is 2.09. The summed E-state index contributed by atoms with van der Waals surface area (Å²) in [5.74, 6) is -2.24.